The Kier molecular flexibility index (Phi) is 4.02. The van der Waals surface area contributed by atoms with Crippen molar-refractivity contribution < 1.29 is 4.79 Å². The molecule has 2 nitrogen and oxygen atoms in total. The van der Waals surface area contributed by atoms with E-state index in [0.29, 0.717) is 5.56 Å². The van der Waals surface area contributed by atoms with Crippen molar-refractivity contribution in [1.29, 1.82) is 0 Å². The number of benzene rings is 1. The molecule has 0 saturated carbocycles. The number of nitrogens with two attached hydrogens (primary N) is 1. The van der Waals surface area contributed by atoms with Gasteiger partial charge in [0.2, 0.25) is 5.91 Å². The highest BCUT2D eigenvalue weighted by molar-refractivity contribution is 14.1. The van der Waals surface area contributed by atoms with Crippen LogP contribution >= 0.6 is 67.8 Å². The Morgan fingerprint density at radius 2 is 1.75 bits per heavy atom. The van der Waals surface area contributed by atoms with Gasteiger partial charge in [0.05, 0.1) is 5.56 Å². The van der Waals surface area contributed by atoms with E-state index in [4.69, 9.17) is 5.73 Å². The van der Waals surface area contributed by atoms with Gasteiger partial charge >= 0.3 is 0 Å². The van der Waals surface area contributed by atoms with Crippen molar-refractivity contribution in [3.8, 4) is 0 Å². The molecule has 2 N–H and O–H groups in total. The zero-order chi connectivity index (χ0) is 9.30. The quantitative estimate of drug-likeness (QED) is 0.469. The Labute approximate surface area is 111 Å². The summed E-state index contributed by atoms with van der Waals surface area (Å²) in [5, 5.41) is 0. The summed E-state index contributed by atoms with van der Waals surface area (Å²) in [5.41, 5.74) is 5.78. The van der Waals surface area contributed by atoms with Crippen LogP contribution in [0.3, 0.4) is 0 Å². The molecule has 12 heavy (non-hydrogen) atoms. The fourth-order valence-corrected chi connectivity index (χ4v) is 2.89. The summed E-state index contributed by atoms with van der Waals surface area (Å²) in [6.45, 7) is 0. The van der Waals surface area contributed by atoms with Crippen LogP contribution < -0.4 is 5.73 Å². The molecule has 1 amide bonds. The maximum Gasteiger partial charge on any atom is 0.249 e. The largest absolute Gasteiger partial charge is 0.366 e. The zero-order valence-corrected chi connectivity index (χ0v) is 12.2. The normalized spacial score (nSPS) is 9.92. The second-order valence-electron chi connectivity index (χ2n) is 2.09. The number of halogens is 3. The van der Waals surface area contributed by atoms with E-state index in [0.717, 1.165) is 10.7 Å². The summed E-state index contributed by atoms with van der Waals surface area (Å²) in [6, 6.07) is 3.65. The summed E-state index contributed by atoms with van der Waals surface area (Å²) in [6.07, 6.45) is 0. The van der Waals surface area contributed by atoms with Crippen molar-refractivity contribution in [2.24, 2.45) is 5.73 Å². The summed E-state index contributed by atoms with van der Waals surface area (Å²) in [4.78, 5) is 10.9. The average Bonchev–Trinajstić information content (AvgIpc) is 2.00. The number of primary amides is 1. The highest BCUT2D eigenvalue weighted by Crippen LogP contribution is 2.24. The molecule has 0 saturated heterocycles. The molecule has 0 aliphatic heterocycles. The number of hydrogen-bond donors (Lipinski definition) is 1. The molecule has 5 heteroatoms. The van der Waals surface area contributed by atoms with Gasteiger partial charge in [-0.15, -0.1) is 0 Å². The lowest BCUT2D eigenvalue weighted by Crippen LogP contribution is -2.13. The Balaban J connectivity index is 3.36. The Hall–Kier alpha value is 0.880. The van der Waals surface area contributed by atoms with Gasteiger partial charge in [-0.05, 0) is 79.9 Å². The summed E-state index contributed by atoms with van der Waals surface area (Å²) < 4.78 is 3.17. The van der Waals surface area contributed by atoms with E-state index in [2.05, 4.69) is 67.8 Å². The number of carbonyl (C=O) groups excluding carboxylic acids is 1. The number of carbonyl (C=O) groups is 1. The van der Waals surface area contributed by atoms with Crippen molar-refractivity contribution in [3.05, 3.63) is 28.4 Å². The second kappa shape index (κ2) is 4.40. The Morgan fingerprint density at radius 1 is 1.17 bits per heavy atom. The first-order chi connectivity index (χ1) is 5.54. The lowest BCUT2D eigenvalue weighted by Gasteiger charge is -2.03. The van der Waals surface area contributed by atoms with Crippen LogP contribution in [0, 0.1) is 10.7 Å². The third kappa shape index (κ3) is 2.22. The van der Waals surface area contributed by atoms with Gasteiger partial charge in [0.15, 0.2) is 0 Å². The van der Waals surface area contributed by atoms with Gasteiger partial charge in [-0.1, -0.05) is 0 Å². The lowest BCUT2D eigenvalue weighted by atomic mass is 10.2. The number of hydrogen-bond acceptors (Lipinski definition) is 1. The van der Waals surface area contributed by atoms with Gasteiger partial charge in [-0.25, -0.2) is 0 Å². The smallest absolute Gasteiger partial charge is 0.249 e. The van der Waals surface area contributed by atoms with Crippen LogP contribution in [-0.2, 0) is 0 Å². The molecule has 1 aromatic carbocycles. The standard InChI is InChI=1S/C7H4I3NO/c8-4-2-1-3(7(11)12)5(9)6(4)10/h1-2H,(H2,11,12). The molecule has 0 aliphatic rings. The third-order valence-electron chi connectivity index (χ3n) is 1.30. The second-order valence-corrected chi connectivity index (χ2v) is 5.41. The van der Waals surface area contributed by atoms with Crippen LogP contribution in [0.5, 0.6) is 0 Å². The number of amides is 1. The third-order valence-corrected chi connectivity index (χ3v) is 6.50. The highest BCUT2D eigenvalue weighted by Gasteiger charge is 2.10. The molecule has 0 spiro atoms. The van der Waals surface area contributed by atoms with Gasteiger partial charge in [-0.2, -0.15) is 0 Å². The van der Waals surface area contributed by atoms with E-state index in [9.17, 15) is 4.79 Å². The van der Waals surface area contributed by atoms with Crippen LogP contribution in [0.2, 0.25) is 0 Å². The van der Waals surface area contributed by atoms with Gasteiger partial charge in [0, 0.05) is 10.7 Å². The minimum atomic E-state index is -0.367. The monoisotopic (exact) mass is 499 g/mol. The van der Waals surface area contributed by atoms with Crippen LogP contribution in [0.1, 0.15) is 10.4 Å². The molecule has 0 heterocycles. The topological polar surface area (TPSA) is 43.1 Å². The minimum Gasteiger partial charge on any atom is -0.366 e. The highest BCUT2D eigenvalue weighted by atomic mass is 127. The molecule has 1 rings (SSSR count). The molecule has 0 fully saturated rings. The average molecular weight is 499 g/mol. The summed E-state index contributed by atoms with van der Waals surface area (Å²) in [7, 11) is 0. The van der Waals surface area contributed by atoms with Gasteiger partial charge in [-0.3, -0.25) is 4.79 Å². The van der Waals surface area contributed by atoms with Crippen molar-refractivity contribution in [2.75, 3.05) is 0 Å². The molecule has 0 bridgehead atoms. The van der Waals surface area contributed by atoms with E-state index < -0.39 is 0 Å². The van der Waals surface area contributed by atoms with Crippen LogP contribution in [0.15, 0.2) is 12.1 Å². The zero-order valence-electron chi connectivity index (χ0n) is 5.77. The van der Waals surface area contributed by atoms with E-state index in [1.807, 2.05) is 6.07 Å². The molecule has 0 atom stereocenters. The van der Waals surface area contributed by atoms with E-state index in [-0.39, 0.29) is 5.91 Å². The molecule has 0 aromatic heterocycles. The first-order valence-corrected chi connectivity index (χ1v) is 6.21. The van der Waals surface area contributed by atoms with E-state index in [1.54, 1.807) is 6.07 Å². The Morgan fingerprint density at radius 3 is 2.25 bits per heavy atom. The van der Waals surface area contributed by atoms with Crippen molar-refractivity contribution in [2.45, 2.75) is 0 Å². The van der Waals surface area contributed by atoms with Gasteiger partial charge in [0.1, 0.15) is 0 Å². The van der Waals surface area contributed by atoms with Crippen molar-refractivity contribution in [3.63, 3.8) is 0 Å². The van der Waals surface area contributed by atoms with E-state index >= 15 is 0 Å². The van der Waals surface area contributed by atoms with Gasteiger partial charge < -0.3 is 5.73 Å². The molecule has 0 unspecified atom stereocenters. The fourth-order valence-electron chi connectivity index (χ4n) is 0.716. The summed E-state index contributed by atoms with van der Waals surface area (Å²) >= 11 is 6.56. The maximum atomic E-state index is 10.9. The van der Waals surface area contributed by atoms with Crippen molar-refractivity contribution in [1.82, 2.24) is 0 Å². The first kappa shape index (κ1) is 11.0. The van der Waals surface area contributed by atoms with Crippen molar-refractivity contribution >= 4 is 73.7 Å². The number of rotatable bonds is 1. The lowest BCUT2D eigenvalue weighted by molar-refractivity contribution is 0.0999. The predicted molar refractivity (Wildman–Crippen MR) is 73.1 cm³/mol. The molecule has 1 aromatic rings. The van der Waals surface area contributed by atoms with Crippen LogP contribution in [0.4, 0.5) is 0 Å². The summed E-state index contributed by atoms with van der Waals surface area (Å²) in [5.74, 6) is -0.367. The molecular formula is C7H4I3NO. The molecule has 64 valence electrons. The predicted octanol–water partition coefficient (Wildman–Crippen LogP) is 2.60. The fraction of sp³-hybridized carbons (Fsp3) is 0. The van der Waals surface area contributed by atoms with Gasteiger partial charge in [0.25, 0.3) is 0 Å². The first-order valence-electron chi connectivity index (χ1n) is 2.97. The molecule has 0 radical (unpaired) electrons. The van der Waals surface area contributed by atoms with Crippen LogP contribution in [-0.4, -0.2) is 5.91 Å². The maximum absolute atomic E-state index is 10.9. The SMILES string of the molecule is NC(=O)c1ccc(I)c(I)c1I. The Bertz CT molecular complexity index is 338. The molecular weight excluding hydrogens is 495 g/mol. The van der Waals surface area contributed by atoms with E-state index in [1.165, 1.54) is 0 Å². The van der Waals surface area contributed by atoms with Crippen LogP contribution in [0.25, 0.3) is 0 Å². The minimum absolute atomic E-state index is 0.367. The molecule has 0 aliphatic carbocycles.